The van der Waals surface area contributed by atoms with Crippen LogP contribution in [-0.2, 0) is 4.79 Å². The van der Waals surface area contributed by atoms with Gasteiger partial charge in [0.1, 0.15) is 11.6 Å². The summed E-state index contributed by atoms with van der Waals surface area (Å²) in [5.41, 5.74) is 0.199. The fourth-order valence-corrected chi connectivity index (χ4v) is 3.85. The topological polar surface area (TPSA) is 59.2 Å². The number of likely N-dealkylation sites (tertiary alicyclic amines) is 1. The van der Waals surface area contributed by atoms with Gasteiger partial charge in [0, 0.05) is 36.6 Å². The molecular weight excluding hydrogens is 328 g/mol. The standard InChI is InChI=1S/C18H19F2N3O2/c19-13-6-11(7-14(20)9-13)18-21-17(22-25-18)12-8-16(24)23(10-12)15-4-2-1-3-5-15/h6-7,9,12,15H,1-5,8,10H2/t12-/m1/s1. The number of hydrogen-bond acceptors (Lipinski definition) is 4. The van der Waals surface area contributed by atoms with Gasteiger partial charge in [0.2, 0.25) is 5.91 Å². The minimum absolute atomic E-state index is 0.0666. The largest absolute Gasteiger partial charge is 0.339 e. The van der Waals surface area contributed by atoms with E-state index in [9.17, 15) is 13.6 Å². The third-order valence-electron chi connectivity index (χ3n) is 5.09. The monoisotopic (exact) mass is 347 g/mol. The van der Waals surface area contributed by atoms with Crippen LogP contribution in [0.25, 0.3) is 11.5 Å². The molecule has 1 amide bonds. The summed E-state index contributed by atoms with van der Waals surface area (Å²) in [6.07, 6.45) is 6.03. The number of rotatable bonds is 3. The molecular formula is C18H19F2N3O2. The van der Waals surface area contributed by atoms with Crippen LogP contribution in [0.15, 0.2) is 22.7 Å². The summed E-state index contributed by atoms with van der Waals surface area (Å²) in [6, 6.07) is 3.40. The summed E-state index contributed by atoms with van der Waals surface area (Å²) in [7, 11) is 0. The van der Waals surface area contributed by atoms with Gasteiger partial charge in [-0.15, -0.1) is 0 Å². The Morgan fingerprint density at radius 2 is 1.80 bits per heavy atom. The summed E-state index contributed by atoms with van der Waals surface area (Å²) in [5.74, 6) is -0.919. The highest BCUT2D eigenvalue weighted by Gasteiger charge is 2.37. The zero-order valence-corrected chi connectivity index (χ0v) is 13.8. The lowest BCUT2D eigenvalue weighted by atomic mass is 9.94. The first-order valence-electron chi connectivity index (χ1n) is 8.69. The molecule has 0 spiro atoms. The molecule has 1 saturated carbocycles. The lowest BCUT2D eigenvalue weighted by Crippen LogP contribution is -2.37. The SMILES string of the molecule is O=C1C[C@@H](c2noc(-c3cc(F)cc(F)c3)n2)CN1C1CCCCC1. The van der Waals surface area contributed by atoms with Crippen LogP contribution in [0.1, 0.15) is 50.3 Å². The van der Waals surface area contributed by atoms with E-state index in [1.807, 2.05) is 4.90 Å². The normalized spacial score (nSPS) is 21.9. The zero-order valence-electron chi connectivity index (χ0n) is 13.8. The molecule has 132 valence electrons. The molecule has 0 N–H and O–H groups in total. The van der Waals surface area contributed by atoms with Crippen LogP contribution in [0, 0.1) is 11.6 Å². The van der Waals surface area contributed by atoms with E-state index in [1.54, 1.807) is 0 Å². The Morgan fingerprint density at radius 3 is 2.52 bits per heavy atom. The first-order valence-corrected chi connectivity index (χ1v) is 8.69. The van der Waals surface area contributed by atoms with Crippen molar-refractivity contribution in [1.82, 2.24) is 15.0 Å². The van der Waals surface area contributed by atoms with Gasteiger partial charge in [0.15, 0.2) is 5.82 Å². The molecule has 0 unspecified atom stereocenters. The molecule has 4 rings (SSSR count). The van der Waals surface area contributed by atoms with E-state index in [4.69, 9.17) is 4.52 Å². The second kappa shape index (κ2) is 6.54. The molecule has 1 aromatic heterocycles. The van der Waals surface area contributed by atoms with Crippen LogP contribution in [0.4, 0.5) is 8.78 Å². The Morgan fingerprint density at radius 1 is 1.08 bits per heavy atom. The Kier molecular flexibility index (Phi) is 4.23. The van der Waals surface area contributed by atoms with Crippen molar-refractivity contribution in [3.63, 3.8) is 0 Å². The number of carbonyl (C=O) groups excluding carboxylic acids is 1. The lowest BCUT2D eigenvalue weighted by molar-refractivity contribution is -0.130. The molecule has 1 aliphatic carbocycles. The van der Waals surface area contributed by atoms with Gasteiger partial charge >= 0.3 is 0 Å². The molecule has 1 atom stereocenters. The number of carbonyl (C=O) groups is 1. The predicted octanol–water partition coefficient (Wildman–Crippen LogP) is 3.66. The van der Waals surface area contributed by atoms with Crippen LogP contribution in [-0.4, -0.2) is 33.5 Å². The van der Waals surface area contributed by atoms with E-state index in [2.05, 4.69) is 10.1 Å². The van der Waals surface area contributed by atoms with Crippen molar-refractivity contribution in [1.29, 1.82) is 0 Å². The van der Waals surface area contributed by atoms with Crippen molar-refractivity contribution in [2.75, 3.05) is 6.54 Å². The molecule has 0 radical (unpaired) electrons. The molecule has 1 aliphatic heterocycles. The summed E-state index contributed by atoms with van der Waals surface area (Å²) in [5, 5.41) is 3.94. The van der Waals surface area contributed by atoms with Crippen LogP contribution >= 0.6 is 0 Å². The molecule has 7 heteroatoms. The molecule has 5 nitrogen and oxygen atoms in total. The van der Waals surface area contributed by atoms with Crippen LogP contribution in [0.5, 0.6) is 0 Å². The van der Waals surface area contributed by atoms with Crippen molar-refractivity contribution >= 4 is 5.91 Å². The molecule has 1 saturated heterocycles. The smallest absolute Gasteiger partial charge is 0.258 e. The second-order valence-electron chi connectivity index (χ2n) is 6.85. The summed E-state index contributed by atoms with van der Waals surface area (Å²) in [4.78, 5) is 18.6. The fourth-order valence-electron chi connectivity index (χ4n) is 3.85. The highest BCUT2D eigenvalue weighted by atomic mass is 19.1. The predicted molar refractivity (Wildman–Crippen MR) is 85.6 cm³/mol. The van der Waals surface area contributed by atoms with Crippen molar-refractivity contribution in [3.8, 4) is 11.5 Å². The average Bonchev–Trinajstić information content (AvgIpc) is 3.21. The summed E-state index contributed by atoms with van der Waals surface area (Å²) in [6.45, 7) is 0.583. The van der Waals surface area contributed by atoms with Crippen molar-refractivity contribution < 1.29 is 18.1 Å². The number of hydrogen-bond donors (Lipinski definition) is 0. The van der Waals surface area contributed by atoms with Gasteiger partial charge in [0.05, 0.1) is 0 Å². The molecule has 2 heterocycles. The third-order valence-corrected chi connectivity index (χ3v) is 5.09. The Labute approximate surface area is 144 Å². The maximum atomic E-state index is 13.3. The van der Waals surface area contributed by atoms with Crippen molar-refractivity contribution in [3.05, 3.63) is 35.7 Å². The van der Waals surface area contributed by atoms with E-state index in [1.165, 1.54) is 6.42 Å². The van der Waals surface area contributed by atoms with Crippen molar-refractivity contribution in [2.45, 2.75) is 50.5 Å². The molecule has 0 bridgehead atoms. The maximum Gasteiger partial charge on any atom is 0.258 e. The van der Waals surface area contributed by atoms with Crippen LogP contribution < -0.4 is 0 Å². The molecule has 1 aromatic carbocycles. The maximum absolute atomic E-state index is 13.3. The fraction of sp³-hybridized carbons (Fsp3) is 0.500. The highest BCUT2D eigenvalue weighted by Crippen LogP contribution is 2.33. The van der Waals surface area contributed by atoms with E-state index in [0.29, 0.717) is 24.8 Å². The van der Waals surface area contributed by atoms with Gasteiger partial charge in [-0.1, -0.05) is 24.4 Å². The molecule has 2 aliphatic rings. The lowest BCUT2D eigenvalue weighted by Gasteiger charge is -2.31. The van der Waals surface area contributed by atoms with Gasteiger partial charge in [0.25, 0.3) is 5.89 Å². The highest BCUT2D eigenvalue weighted by molar-refractivity contribution is 5.80. The van der Waals surface area contributed by atoms with E-state index in [-0.39, 0.29) is 23.3 Å². The number of amides is 1. The number of halogens is 2. The molecule has 2 fully saturated rings. The summed E-state index contributed by atoms with van der Waals surface area (Å²) < 4.78 is 31.9. The Hall–Kier alpha value is -2.31. The first kappa shape index (κ1) is 16.2. The van der Waals surface area contributed by atoms with E-state index in [0.717, 1.165) is 43.9 Å². The Balaban J connectivity index is 1.51. The Bertz CT molecular complexity index is 766. The minimum atomic E-state index is -0.700. The summed E-state index contributed by atoms with van der Waals surface area (Å²) >= 11 is 0. The van der Waals surface area contributed by atoms with E-state index < -0.39 is 11.6 Å². The van der Waals surface area contributed by atoms with Crippen molar-refractivity contribution in [2.24, 2.45) is 0 Å². The average molecular weight is 347 g/mol. The quantitative estimate of drug-likeness (QED) is 0.850. The van der Waals surface area contributed by atoms with Gasteiger partial charge in [-0.05, 0) is 25.0 Å². The van der Waals surface area contributed by atoms with E-state index >= 15 is 0 Å². The zero-order chi connectivity index (χ0) is 17.4. The van der Waals surface area contributed by atoms with Gasteiger partial charge in [-0.2, -0.15) is 4.98 Å². The number of benzene rings is 1. The minimum Gasteiger partial charge on any atom is -0.339 e. The number of aromatic nitrogens is 2. The van der Waals surface area contributed by atoms with Gasteiger partial charge in [-0.3, -0.25) is 4.79 Å². The third kappa shape index (κ3) is 3.27. The van der Waals surface area contributed by atoms with Gasteiger partial charge < -0.3 is 9.42 Å². The molecule has 25 heavy (non-hydrogen) atoms. The molecule has 2 aromatic rings. The number of nitrogens with zero attached hydrogens (tertiary/aromatic N) is 3. The second-order valence-corrected chi connectivity index (χ2v) is 6.85. The first-order chi connectivity index (χ1) is 12.1. The van der Waals surface area contributed by atoms with Gasteiger partial charge in [-0.25, -0.2) is 8.78 Å². The van der Waals surface area contributed by atoms with Crippen LogP contribution in [0.3, 0.4) is 0 Å². The van der Waals surface area contributed by atoms with Crippen LogP contribution in [0.2, 0.25) is 0 Å².